The number of carboxylic acid groups (broad SMARTS) is 1. The summed E-state index contributed by atoms with van der Waals surface area (Å²) in [4.78, 5) is 25.5. The Morgan fingerprint density at radius 3 is 2.86 bits per heavy atom. The molecule has 5 nitrogen and oxygen atoms in total. The van der Waals surface area contributed by atoms with Gasteiger partial charge in [0.15, 0.2) is 0 Å². The van der Waals surface area contributed by atoms with Crippen LogP contribution in [0, 0.1) is 5.41 Å². The molecule has 0 bridgehead atoms. The number of carbonyl (C=O) groups is 2. The highest BCUT2D eigenvalue weighted by Gasteiger charge is 2.46. The maximum Gasteiger partial charge on any atom is 0.313 e. The van der Waals surface area contributed by atoms with Crippen LogP contribution in [0.15, 0.2) is 22.7 Å². The van der Waals surface area contributed by atoms with Crippen molar-refractivity contribution in [2.24, 2.45) is 5.41 Å². The Kier molecular flexibility index (Phi) is 4.91. The highest BCUT2D eigenvalue weighted by molar-refractivity contribution is 9.10. The molecule has 1 fully saturated rings. The molecule has 1 aliphatic heterocycles. The summed E-state index contributed by atoms with van der Waals surface area (Å²) < 4.78 is 5.65. The van der Waals surface area contributed by atoms with Crippen molar-refractivity contribution in [2.75, 3.05) is 26.8 Å². The zero-order chi connectivity index (χ0) is 15.6. The first kappa shape index (κ1) is 16.3. The quantitative estimate of drug-likeness (QED) is 0.877. The van der Waals surface area contributed by atoms with Crippen LogP contribution < -0.4 is 0 Å². The number of methoxy groups -OCH3 is 1. The van der Waals surface area contributed by atoms with Crippen LogP contribution in [0.1, 0.15) is 16.8 Å². The Morgan fingerprint density at radius 2 is 2.24 bits per heavy atom. The van der Waals surface area contributed by atoms with Crippen LogP contribution in [0.4, 0.5) is 0 Å². The van der Waals surface area contributed by atoms with Gasteiger partial charge in [-0.25, -0.2) is 0 Å². The van der Waals surface area contributed by atoms with Crippen molar-refractivity contribution in [1.29, 1.82) is 0 Å². The molecule has 0 aliphatic carbocycles. The smallest absolute Gasteiger partial charge is 0.313 e. The van der Waals surface area contributed by atoms with Crippen LogP contribution in [0.25, 0.3) is 0 Å². The van der Waals surface area contributed by atoms with Gasteiger partial charge >= 0.3 is 5.97 Å². The topological polar surface area (TPSA) is 66.8 Å². The molecule has 1 aliphatic rings. The molecular formula is C14H15BrClNO4. The third-order valence-corrected chi connectivity index (χ3v) is 4.99. The van der Waals surface area contributed by atoms with Crippen molar-refractivity contribution in [3.8, 4) is 0 Å². The van der Waals surface area contributed by atoms with Crippen LogP contribution in [-0.2, 0) is 9.53 Å². The average Bonchev–Trinajstić information content (AvgIpc) is 2.87. The van der Waals surface area contributed by atoms with Gasteiger partial charge in [0, 0.05) is 24.7 Å². The molecule has 114 valence electrons. The van der Waals surface area contributed by atoms with E-state index in [0.29, 0.717) is 28.0 Å². The van der Waals surface area contributed by atoms with E-state index < -0.39 is 11.4 Å². The second-order valence-electron chi connectivity index (χ2n) is 5.10. The van der Waals surface area contributed by atoms with E-state index in [1.807, 2.05) is 0 Å². The van der Waals surface area contributed by atoms with E-state index in [1.54, 1.807) is 18.2 Å². The molecule has 21 heavy (non-hydrogen) atoms. The van der Waals surface area contributed by atoms with Gasteiger partial charge in [0.1, 0.15) is 5.41 Å². The maximum atomic E-state index is 12.5. The summed E-state index contributed by atoms with van der Waals surface area (Å²) in [6.07, 6.45) is 0.369. The highest BCUT2D eigenvalue weighted by Crippen LogP contribution is 2.34. The summed E-state index contributed by atoms with van der Waals surface area (Å²) in [7, 11) is 1.46. The van der Waals surface area contributed by atoms with E-state index in [9.17, 15) is 14.7 Å². The Bertz CT molecular complexity index is 580. The first-order valence-corrected chi connectivity index (χ1v) is 7.54. The van der Waals surface area contributed by atoms with Crippen molar-refractivity contribution in [3.05, 3.63) is 33.3 Å². The third kappa shape index (κ3) is 3.07. The molecule has 0 spiro atoms. The second-order valence-corrected chi connectivity index (χ2v) is 6.33. The lowest BCUT2D eigenvalue weighted by molar-refractivity contribution is -0.151. The highest BCUT2D eigenvalue weighted by atomic mass is 79.9. The molecule has 0 aromatic heterocycles. The number of carboxylic acids is 1. The molecule has 1 N–H and O–H groups in total. The van der Waals surface area contributed by atoms with E-state index in [1.165, 1.54) is 12.0 Å². The molecule has 0 radical (unpaired) electrons. The van der Waals surface area contributed by atoms with Crippen LogP contribution in [0.3, 0.4) is 0 Å². The molecule has 1 aromatic carbocycles. The van der Waals surface area contributed by atoms with E-state index >= 15 is 0 Å². The number of ether oxygens (including phenoxy) is 1. The lowest BCUT2D eigenvalue weighted by atomic mass is 9.88. The monoisotopic (exact) mass is 375 g/mol. The number of amides is 1. The number of carbonyl (C=O) groups excluding carboxylic acids is 1. The van der Waals surface area contributed by atoms with Gasteiger partial charge in [0.2, 0.25) is 0 Å². The molecule has 1 atom stereocenters. The van der Waals surface area contributed by atoms with Crippen molar-refractivity contribution < 1.29 is 19.4 Å². The van der Waals surface area contributed by atoms with Crippen molar-refractivity contribution in [1.82, 2.24) is 4.90 Å². The molecule has 1 unspecified atom stereocenters. The van der Waals surface area contributed by atoms with Gasteiger partial charge in [0.05, 0.1) is 17.2 Å². The minimum Gasteiger partial charge on any atom is -0.481 e. The summed E-state index contributed by atoms with van der Waals surface area (Å²) in [5, 5.41) is 9.75. The lowest BCUT2D eigenvalue weighted by Gasteiger charge is -2.24. The molecule has 1 aromatic rings. The van der Waals surface area contributed by atoms with Gasteiger partial charge in [0.25, 0.3) is 5.91 Å². The molecule has 1 heterocycles. The molecular weight excluding hydrogens is 362 g/mol. The zero-order valence-corrected chi connectivity index (χ0v) is 13.8. The van der Waals surface area contributed by atoms with Crippen molar-refractivity contribution >= 4 is 39.4 Å². The van der Waals surface area contributed by atoms with Gasteiger partial charge in [-0.05, 0) is 34.5 Å². The molecule has 1 saturated heterocycles. The summed E-state index contributed by atoms with van der Waals surface area (Å²) >= 11 is 9.40. The first-order chi connectivity index (χ1) is 9.91. The predicted molar refractivity (Wildman–Crippen MR) is 81.6 cm³/mol. The van der Waals surface area contributed by atoms with Gasteiger partial charge in [-0.2, -0.15) is 0 Å². The maximum absolute atomic E-state index is 12.5. The van der Waals surface area contributed by atoms with Gasteiger partial charge in [-0.3, -0.25) is 9.59 Å². The number of benzene rings is 1. The normalized spacial score (nSPS) is 21.6. The SMILES string of the molecule is COCC1(C(=O)O)CCN(C(=O)c2cccc(Br)c2Cl)C1. The van der Waals surface area contributed by atoms with Crippen molar-refractivity contribution in [3.63, 3.8) is 0 Å². The predicted octanol–water partition coefficient (Wildman–Crippen LogP) is 2.67. The minimum absolute atomic E-state index is 0.0817. The average molecular weight is 377 g/mol. The Morgan fingerprint density at radius 1 is 1.52 bits per heavy atom. The minimum atomic E-state index is -1.04. The number of hydrogen-bond donors (Lipinski definition) is 1. The standard InChI is InChI=1S/C14H15BrClNO4/c1-21-8-14(13(19)20)5-6-17(7-14)12(18)9-3-2-4-10(15)11(9)16/h2-4H,5-8H2,1H3,(H,19,20). The van der Waals surface area contributed by atoms with Gasteiger partial charge < -0.3 is 14.7 Å². The Hall–Kier alpha value is -1.11. The fourth-order valence-corrected chi connectivity index (χ4v) is 3.09. The van der Waals surface area contributed by atoms with E-state index in [0.717, 1.165) is 0 Å². The molecule has 7 heteroatoms. The fourth-order valence-electron chi connectivity index (χ4n) is 2.52. The van der Waals surface area contributed by atoms with Crippen molar-refractivity contribution in [2.45, 2.75) is 6.42 Å². The first-order valence-electron chi connectivity index (χ1n) is 6.37. The number of hydrogen-bond acceptors (Lipinski definition) is 3. The zero-order valence-electron chi connectivity index (χ0n) is 11.4. The summed E-state index contributed by atoms with van der Waals surface area (Å²) in [6.45, 7) is 0.577. The Labute approximate surface area is 136 Å². The van der Waals surface area contributed by atoms with Crippen LogP contribution in [0.5, 0.6) is 0 Å². The summed E-state index contributed by atoms with van der Waals surface area (Å²) in [6, 6.07) is 5.10. The van der Waals surface area contributed by atoms with Crippen LogP contribution in [-0.4, -0.2) is 48.7 Å². The second kappa shape index (κ2) is 6.34. The molecule has 1 amide bonds. The number of likely N-dealkylation sites (tertiary alicyclic amines) is 1. The lowest BCUT2D eigenvalue weighted by Crippen LogP contribution is -2.40. The fraction of sp³-hybridized carbons (Fsp3) is 0.429. The van der Waals surface area contributed by atoms with E-state index in [-0.39, 0.29) is 19.1 Å². The molecule has 2 rings (SSSR count). The number of aliphatic carboxylic acids is 1. The van der Waals surface area contributed by atoms with Crippen LogP contribution >= 0.6 is 27.5 Å². The Balaban J connectivity index is 2.23. The van der Waals surface area contributed by atoms with E-state index in [4.69, 9.17) is 16.3 Å². The molecule has 0 saturated carbocycles. The summed E-state index contributed by atoms with van der Waals surface area (Å²) in [5.74, 6) is -1.21. The number of rotatable bonds is 4. The summed E-state index contributed by atoms with van der Waals surface area (Å²) in [5.41, 5.74) is -0.673. The van der Waals surface area contributed by atoms with Gasteiger partial charge in [-0.15, -0.1) is 0 Å². The number of halogens is 2. The number of nitrogens with zero attached hydrogens (tertiary/aromatic N) is 1. The van der Waals surface area contributed by atoms with E-state index in [2.05, 4.69) is 15.9 Å². The van der Waals surface area contributed by atoms with Crippen LogP contribution in [0.2, 0.25) is 5.02 Å². The van der Waals surface area contributed by atoms with Gasteiger partial charge in [-0.1, -0.05) is 17.7 Å². The third-order valence-electron chi connectivity index (χ3n) is 3.70. The largest absolute Gasteiger partial charge is 0.481 e.